The lowest BCUT2D eigenvalue weighted by molar-refractivity contribution is 0.0994. The van der Waals surface area contributed by atoms with Crippen LogP contribution < -0.4 is 0 Å². The fourth-order valence-electron chi connectivity index (χ4n) is 2.52. The van der Waals surface area contributed by atoms with E-state index in [1.165, 1.54) is 0 Å². The summed E-state index contributed by atoms with van der Waals surface area (Å²) in [6, 6.07) is 6.08. The molecule has 0 bridgehead atoms. The van der Waals surface area contributed by atoms with Gasteiger partial charge in [-0.25, -0.2) is 13.2 Å². The van der Waals surface area contributed by atoms with Gasteiger partial charge in [0.25, 0.3) is 0 Å². The third-order valence-corrected chi connectivity index (χ3v) is 3.35. The van der Waals surface area contributed by atoms with Gasteiger partial charge in [0, 0.05) is 24.1 Å². The van der Waals surface area contributed by atoms with E-state index in [2.05, 4.69) is 0 Å². The Kier molecular flexibility index (Phi) is 2.66. The number of benzene rings is 2. The number of carbonyl (C=O) groups excluding carboxylic acids is 1. The minimum atomic E-state index is -0.956. The molecule has 0 fully saturated rings. The predicted octanol–water partition coefficient (Wildman–Crippen LogP) is 3.90. The summed E-state index contributed by atoms with van der Waals surface area (Å²) >= 11 is 0. The van der Waals surface area contributed by atoms with Crippen LogP contribution in [0.15, 0.2) is 30.3 Å². The number of rotatable bonds is 1. The van der Waals surface area contributed by atoms with E-state index in [1.807, 2.05) is 0 Å². The van der Waals surface area contributed by atoms with Crippen LogP contribution in [0.4, 0.5) is 13.2 Å². The monoisotopic (exact) mass is 262 g/mol. The van der Waals surface area contributed by atoms with Crippen molar-refractivity contribution in [2.45, 2.75) is 12.8 Å². The third kappa shape index (κ3) is 1.84. The summed E-state index contributed by atoms with van der Waals surface area (Å²) in [4.78, 5) is 11.6. The Balaban J connectivity index is 2.28. The summed E-state index contributed by atoms with van der Waals surface area (Å²) in [5, 5.41) is 0. The fraction of sp³-hybridized carbons (Fsp3) is 0.133. The largest absolute Gasteiger partial charge is 0.294 e. The number of ketones is 1. The Morgan fingerprint density at radius 2 is 1.53 bits per heavy atom. The molecule has 0 spiro atoms. The van der Waals surface area contributed by atoms with Crippen LogP contribution in [0, 0.1) is 17.5 Å². The van der Waals surface area contributed by atoms with E-state index in [9.17, 15) is 18.0 Å². The summed E-state index contributed by atoms with van der Waals surface area (Å²) in [5.74, 6) is -2.89. The lowest BCUT2D eigenvalue weighted by atomic mass is 9.96. The molecule has 0 N–H and O–H groups in total. The number of Topliss-reactive ketones (excluding diaryl/α,β-unsaturated/α-hetero) is 1. The Bertz CT molecular complexity index is 669. The molecule has 0 amide bonds. The molecule has 0 atom stereocenters. The van der Waals surface area contributed by atoms with Crippen molar-refractivity contribution in [3.63, 3.8) is 0 Å². The summed E-state index contributed by atoms with van der Waals surface area (Å²) in [6.45, 7) is 0. The van der Waals surface area contributed by atoms with Gasteiger partial charge in [0.15, 0.2) is 5.78 Å². The van der Waals surface area contributed by atoms with Crippen molar-refractivity contribution >= 4 is 5.78 Å². The van der Waals surface area contributed by atoms with Gasteiger partial charge in [-0.2, -0.15) is 0 Å². The average Bonchev–Trinajstić information content (AvgIpc) is 2.71. The van der Waals surface area contributed by atoms with Gasteiger partial charge in [-0.1, -0.05) is 18.2 Å². The number of fused-ring (bicyclic) bond motifs is 1. The zero-order valence-corrected chi connectivity index (χ0v) is 9.84. The molecule has 0 radical (unpaired) electrons. The molecule has 1 nitrogen and oxygen atoms in total. The van der Waals surface area contributed by atoms with Gasteiger partial charge in [-0.15, -0.1) is 0 Å². The van der Waals surface area contributed by atoms with Crippen molar-refractivity contribution in [2.75, 3.05) is 0 Å². The Morgan fingerprint density at radius 1 is 0.895 bits per heavy atom. The molecule has 96 valence electrons. The molecule has 0 unspecified atom stereocenters. The molecular weight excluding hydrogens is 253 g/mol. The van der Waals surface area contributed by atoms with Crippen LogP contribution in [0.5, 0.6) is 0 Å². The highest BCUT2D eigenvalue weighted by molar-refractivity contribution is 6.02. The maximum atomic E-state index is 13.8. The molecule has 19 heavy (non-hydrogen) atoms. The minimum Gasteiger partial charge on any atom is -0.294 e. The van der Waals surface area contributed by atoms with Crippen molar-refractivity contribution < 1.29 is 18.0 Å². The first-order chi connectivity index (χ1) is 9.08. The van der Waals surface area contributed by atoms with Gasteiger partial charge in [-0.3, -0.25) is 4.79 Å². The van der Waals surface area contributed by atoms with E-state index < -0.39 is 17.5 Å². The van der Waals surface area contributed by atoms with E-state index in [0.29, 0.717) is 41.7 Å². The van der Waals surface area contributed by atoms with Crippen molar-refractivity contribution in [1.29, 1.82) is 0 Å². The van der Waals surface area contributed by atoms with Crippen LogP contribution in [0.3, 0.4) is 0 Å². The zero-order valence-electron chi connectivity index (χ0n) is 9.84. The topological polar surface area (TPSA) is 17.1 Å². The standard InChI is InChI=1S/C15H9F3O/c16-8-6-12(17)15(13(18)7-8)11-3-1-2-10-9(11)4-5-14(10)19/h1-3,6-7H,4-5H2. The van der Waals surface area contributed by atoms with Crippen molar-refractivity contribution in [3.8, 4) is 11.1 Å². The smallest absolute Gasteiger partial charge is 0.163 e. The number of hydrogen-bond acceptors (Lipinski definition) is 1. The van der Waals surface area contributed by atoms with Crippen LogP contribution in [0.2, 0.25) is 0 Å². The maximum absolute atomic E-state index is 13.8. The summed E-state index contributed by atoms with van der Waals surface area (Å²) in [7, 11) is 0. The quantitative estimate of drug-likeness (QED) is 0.761. The highest BCUT2D eigenvalue weighted by Gasteiger charge is 2.25. The second-order valence-corrected chi connectivity index (χ2v) is 4.50. The minimum absolute atomic E-state index is 0.0280. The van der Waals surface area contributed by atoms with Crippen molar-refractivity contribution in [2.24, 2.45) is 0 Å². The molecular formula is C15H9F3O. The molecule has 2 aromatic carbocycles. The van der Waals surface area contributed by atoms with Gasteiger partial charge >= 0.3 is 0 Å². The van der Waals surface area contributed by atoms with Crippen LogP contribution in [0.25, 0.3) is 11.1 Å². The number of hydrogen-bond donors (Lipinski definition) is 0. The molecule has 0 saturated carbocycles. The molecule has 0 heterocycles. The highest BCUT2D eigenvalue weighted by atomic mass is 19.1. The Morgan fingerprint density at radius 3 is 2.21 bits per heavy atom. The lowest BCUT2D eigenvalue weighted by Crippen LogP contribution is -1.97. The van der Waals surface area contributed by atoms with Gasteiger partial charge in [0.1, 0.15) is 17.5 Å². The van der Waals surface area contributed by atoms with E-state index in [-0.39, 0.29) is 11.3 Å². The van der Waals surface area contributed by atoms with Crippen molar-refractivity contribution in [1.82, 2.24) is 0 Å². The molecule has 2 aromatic rings. The van der Waals surface area contributed by atoms with E-state index in [4.69, 9.17) is 0 Å². The van der Waals surface area contributed by atoms with Crippen LogP contribution >= 0.6 is 0 Å². The first kappa shape index (κ1) is 12.0. The maximum Gasteiger partial charge on any atom is 0.163 e. The highest BCUT2D eigenvalue weighted by Crippen LogP contribution is 2.35. The van der Waals surface area contributed by atoms with Gasteiger partial charge in [-0.05, 0) is 17.5 Å². The first-order valence-electron chi connectivity index (χ1n) is 5.88. The Labute approximate surface area is 107 Å². The molecule has 3 rings (SSSR count). The molecule has 1 aliphatic rings. The molecule has 4 heteroatoms. The van der Waals surface area contributed by atoms with Crippen LogP contribution in [-0.4, -0.2) is 5.78 Å². The molecule has 0 aromatic heterocycles. The number of carbonyl (C=O) groups is 1. The summed E-state index contributed by atoms with van der Waals surface area (Å²) < 4.78 is 40.5. The van der Waals surface area contributed by atoms with E-state index in [1.54, 1.807) is 18.2 Å². The van der Waals surface area contributed by atoms with E-state index in [0.717, 1.165) is 0 Å². The van der Waals surface area contributed by atoms with Crippen LogP contribution in [-0.2, 0) is 6.42 Å². The zero-order chi connectivity index (χ0) is 13.6. The normalized spacial score (nSPS) is 13.7. The predicted molar refractivity (Wildman–Crippen MR) is 64.4 cm³/mol. The van der Waals surface area contributed by atoms with Gasteiger partial charge in [0.2, 0.25) is 0 Å². The number of halogens is 3. The second-order valence-electron chi connectivity index (χ2n) is 4.50. The third-order valence-electron chi connectivity index (χ3n) is 3.35. The molecule has 0 aliphatic heterocycles. The molecule has 1 aliphatic carbocycles. The van der Waals surface area contributed by atoms with Gasteiger partial charge in [0.05, 0.1) is 5.56 Å². The van der Waals surface area contributed by atoms with E-state index >= 15 is 0 Å². The average molecular weight is 262 g/mol. The first-order valence-corrected chi connectivity index (χ1v) is 5.88. The SMILES string of the molecule is O=C1CCc2c1cccc2-c1c(F)cc(F)cc1F. The summed E-state index contributed by atoms with van der Waals surface area (Å²) in [5.41, 5.74) is 1.20. The molecule has 0 saturated heterocycles. The van der Waals surface area contributed by atoms with Gasteiger partial charge < -0.3 is 0 Å². The fourth-order valence-corrected chi connectivity index (χ4v) is 2.52. The van der Waals surface area contributed by atoms with Crippen LogP contribution in [0.1, 0.15) is 22.3 Å². The second kappa shape index (κ2) is 4.23. The lowest BCUT2D eigenvalue weighted by Gasteiger charge is -2.10. The van der Waals surface area contributed by atoms with Crippen molar-refractivity contribution in [3.05, 3.63) is 58.9 Å². The Hall–Kier alpha value is -2.10. The summed E-state index contributed by atoms with van der Waals surface area (Å²) in [6.07, 6.45) is 0.803.